The quantitative estimate of drug-likeness (QED) is 0.771. The summed E-state index contributed by atoms with van der Waals surface area (Å²) in [5, 5.41) is 0. The maximum absolute atomic E-state index is 11.8. The molecule has 106 valence electrons. The number of aromatic nitrogens is 1. The van der Waals surface area contributed by atoms with E-state index in [-0.39, 0.29) is 23.2 Å². The van der Waals surface area contributed by atoms with Crippen LogP contribution in [-0.2, 0) is 14.9 Å². The van der Waals surface area contributed by atoms with E-state index < -0.39 is 5.97 Å². The number of hydrogen-bond acceptors (Lipinski definition) is 5. The van der Waals surface area contributed by atoms with Gasteiger partial charge >= 0.3 is 5.97 Å². The molecule has 1 aromatic rings. The summed E-state index contributed by atoms with van der Waals surface area (Å²) >= 11 is 0. The number of rotatable bonds is 2. The molecule has 0 amide bonds. The van der Waals surface area contributed by atoms with Gasteiger partial charge in [-0.2, -0.15) is 0 Å². The summed E-state index contributed by atoms with van der Waals surface area (Å²) in [5.74, 6) is 0.435. The van der Waals surface area contributed by atoms with Gasteiger partial charge in [0.2, 0.25) is 11.7 Å². The molecule has 5 heteroatoms. The smallest absolute Gasteiger partial charge is 0.376 e. The molecule has 2 rings (SSSR count). The molecule has 2 heterocycles. The van der Waals surface area contributed by atoms with Crippen LogP contribution in [0.4, 0.5) is 0 Å². The third kappa shape index (κ3) is 2.81. The van der Waals surface area contributed by atoms with Crippen LogP contribution in [0.15, 0.2) is 4.42 Å². The molecule has 19 heavy (non-hydrogen) atoms. The summed E-state index contributed by atoms with van der Waals surface area (Å²) in [6.45, 7) is 8.60. The molecule has 1 aromatic heterocycles. The summed E-state index contributed by atoms with van der Waals surface area (Å²) in [6.07, 6.45) is 1.07. The molecular weight excluding hydrogens is 246 g/mol. The summed E-state index contributed by atoms with van der Waals surface area (Å²) < 4.78 is 16.0. The van der Waals surface area contributed by atoms with Crippen LogP contribution in [0, 0.1) is 0 Å². The van der Waals surface area contributed by atoms with Crippen molar-refractivity contribution < 1.29 is 18.7 Å². The number of oxazole rings is 1. The van der Waals surface area contributed by atoms with Crippen molar-refractivity contribution in [1.82, 2.24) is 4.98 Å². The van der Waals surface area contributed by atoms with E-state index in [0.29, 0.717) is 18.2 Å². The van der Waals surface area contributed by atoms with Gasteiger partial charge in [-0.25, -0.2) is 9.78 Å². The van der Waals surface area contributed by atoms with Crippen LogP contribution in [0.2, 0.25) is 0 Å². The first-order valence-electron chi connectivity index (χ1n) is 6.54. The lowest BCUT2D eigenvalue weighted by Crippen LogP contribution is -2.17. The van der Waals surface area contributed by atoms with Crippen molar-refractivity contribution in [1.29, 1.82) is 0 Å². The van der Waals surface area contributed by atoms with Gasteiger partial charge in [0.25, 0.3) is 0 Å². The molecule has 0 saturated carbocycles. The van der Waals surface area contributed by atoms with E-state index in [9.17, 15) is 4.79 Å². The highest BCUT2D eigenvalue weighted by Gasteiger charge is 2.34. The Balaban J connectivity index is 2.37. The predicted octanol–water partition coefficient (Wildman–Crippen LogP) is 2.65. The van der Waals surface area contributed by atoms with Crippen LogP contribution in [-0.4, -0.2) is 30.8 Å². The molecule has 0 aliphatic carbocycles. The number of nitrogens with zero attached hydrogens (tertiary/aromatic N) is 1. The van der Waals surface area contributed by atoms with E-state index in [0.717, 1.165) is 6.42 Å². The van der Waals surface area contributed by atoms with Crippen LogP contribution >= 0.6 is 0 Å². The van der Waals surface area contributed by atoms with Crippen molar-refractivity contribution >= 4 is 5.97 Å². The molecule has 2 atom stereocenters. The van der Waals surface area contributed by atoms with Gasteiger partial charge < -0.3 is 13.9 Å². The fourth-order valence-electron chi connectivity index (χ4n) is 2.24. The Morgan fingerprint density at radius 2 is 2.11 bits per heavy atom. The molecule has 0 N–H and O–H groups in total. The monoisotopic (exact) mass is 267 g/mol. The minimum atomic E-state index is -0.476. The third-order valence-corrected chi connectivity index (χ3v) is 3.27. The highest BCUT2D eigenvalue weighted by atomic mass is 16.5. The summed E-state index contributed by atoms with van der Waals surface area (Å²) in [6, 6.07) is 0. The molecule has 1 saturated heterocycles. The molecular formula is C14H21NO4. The molecule has 0 radical (unpaired) electrons. The molecule has 1 aliphatic heterocycles. The van der Waals surface area contributed by atoms with Gasteiger partial charge in [-0.15, -0.1) is 0 Å². The normalized spacial score (nSPS) is 23.6. The first-order valence-corrected chi connectivity index (χ1v) is 6.54. The van der Waals surface area contributed by atoms with Gasteiger partial charge in [0.15, 0.2) is 0 Å². The molecule has 1 fully saturated rings. The second-order valence-electron chi connectivity index (χ2n) is 6.05. The number of carbonyl (C=O) groups is 1. The highest BCUT2D eigenvalue weighted by molar-refractivity contribution is 5.87. The zero-order valence-electron chi connectivity index (χ0n) is 12.1. The maximum Gasteiger partial charge on any atom is 0.376 e. The van der Waals surface area contributed by atoms with Crippen LogP contribution in [0.3, 0.4) is 0 Å². The fraction of sp³-hybridized carbons (Fsp3) is 0.714. The Morgan fingerprint density at radius 3 is 2.58 bits per heavy atom. The number of esters is 1. The fourth-order valence-corrected chi connectivity index (χ4v) is 2.24. The number of hydrogen-bond donors (Lipinski definition) is 0. The van der Waals surface area contributed by atoms with E-state index in [4.69, 9.17) is 13.9 Å². The minimum Gasteiger partial charge on any atom is -0.463 e. The van der Waals surface area contributed by atoms with E-state index in [1.165, 1.54) is 7.11 Å². The third-order valence-electron chi connectivity index (χ3n) is 3.27. The first-order chi connectivity index (χ1) is 8.82. The van der Waals surface area contributed by atoms with Crippen molar-refractivity contribution in [3.05, 3.63) is 17.3 Å². The van der Waals surface area contributed by atoms with Gasteiger partial charge in [-0.1, -0.05) is 20.8 Å². The minimum absolute atomic E-state index is 0.120. The molecule has 0 spiro atoms. The molecule has 2 unspecified atom stereocenters. The summed E-state index contributed by atoms with van der Waals surface area (Å²) in [5.41, 5.74) is 0.380. The van der Waals surface area contributed by atoms with Crippen LogP contribution in [0.25, 0.3) is 0 Å². The van der Waals surface area contributed by atoms with Gasteiger partial charge in [-0.05, 0) is 13.3 Å². The first kappa shape index (κ1) is 14.1. The molecule has 1 aliphatic rings. The van der Waals surface area contributed by atoms with Crippen LogP contribution < -0.4 is 0 Å². The average Bonchev–Trinajstić information content (AvgIpc) is 2.92. The van der Waals surface area contributed by atoms with Crippen molar-refractivity contribution in [3.63, 3.8) is 0 Å². The summed E-state index contributed by atoms with van der Waals surface area (Å²) in [7, 11) is 1.34. The maximum atomic E-state index is 11.8. The van der Waals surface area contributed by atoms with Gasteiger partial charge in [0, 0.05) is 5.41 Å². The number of ether oxygens (including phenoxy) is 2. The van der Waals surface area contributed by atoms with Gasteiger partial charge in [0.05, 0.1) is 31.4 Å². The Kier molecular flexibility index (Phi) is 3.67. The van der Waals surface area contributed by atoms with Crippen molar-refractivity contribution in [3.8, 4) is 0 Å². The van der Waals surface area contributed by atoms with Crippen molar-refractivity contribution in [2.75, 3.05) is 13.7 Å². The lowest BCUT2D eigenvalue weighted by molar-refractivity contribution is 0.0558. The lowest BCUT2D eigenvalue weighted by Gasteiger charge is -2.15. The molecule has 5 nitrogen and oxygen atoms in total. The second kappa shape index (κ2) is 4.96. The Bertz CT molecular complexity index is 472. The second-order valence-corrected chi connectivity index (χ2v) is 6.05. The standard InChI is InChI=1S/C14H21NO4/c1-8-6-9(7-18-8)12-15-11(14(2,3)4)10(19-12)13(16)17-5/h8-9H,6-7H2,1-5H3. The zero-order chi connectivity index (χ0) is 14.2. The van der Waals surface area contributed by atoms with E-state index in [1.54, 1.807) is 0 Å². The van der Waals surface area contributed by atoms with E-state index >= 15 is 0 Å². The Morgan fingerprint density at radius 1 is 1.42 bits per heavy atom. The summed E-state index contributed by atoms with van der Waals surface area (Å²) in [4.78, 5) is 16.3. The van der Waals surface area contributed by atoms with Crippen LogP contribution in [0.5, 0.6) is 0 Å². The topological polar surface area (TPSA) is 61.6 Å². The highest BCUT2D eigenvalue weighted by Crippen LogP contribution is 2.33. The van der Waals surface area contributed by atoms with E-state index in [2.05, 4.69) is 4.98 Å². The average molecular weight is 267 g/mol. The largest absolute Gasteiger partial charge is 0.463 e. The SMILES string of the molecule is COC(=O)c1oc(C2COC(C)C2)nc1C(C)(C)C. The number of methoxy groups -OCH3 is 1. The van der Waals surface area contributed by atoms with Gasteiger partial charge in [0.1, 0.15) is 0 Å². The lowest BCUT2D eigenvalue weighted by atomic mass is 9.91. The van der Waals surface area contributed by atoms with Crippen molar-refractivity contribution in [2.45, 2.75) is 51.6 Å². The Labute approximate surface area is 113 Å². The van der Waals surface area contributed by atoms with Gasteiger partial charge in [-0.3, -0.25) is 0 Å². The van der Waals surface area contributed by atoms with Crippen molar-refractivity contribution in [2.24, 2.45) is 0 Å². The predicted molar refractivity (Wildman–Crippen MR) is 69.3 cm³/mol. The number of carbonyl (C=O) groups excluding carboxylic acids is 1. The molecule has 0 aromatic carbocycles. The zero-order valence-corrected chi connectivity index (χ0v) is 12.1. The Hall–Kier alpha value is -1.36. The van der Waals surface area contributed by atoms with Crippen LogP contribution in [0.1, 0.15) is 62.2 Å². The van der Waals surface area contributed by atoms with E-state index in [1.807, 2.05) is 27.7 Å². The molecule has 0 bridgehead atoms.